The number of aryl methyl sites for hydroxylation is 1. The smallest absolute Gasteiger partial charge is 0.138 e. The average Bonchev–Trinajstić information content (AvgIpc) is 2.25. The van der Waals surface area contributed by atoms with Gasteiger partial charge in [0.2, 0.25) is 0 Å². The molecule has 0 atom stereocenters. The fourth-order valence-corrected chi connectivity index (χ4v) is 2.37. The lowest BCUT2D eigenvalue weighted by Crippen LogP contribution is -2.31. The molecule has 3 heteroatoms. The second-order valence-electron chi connectivity index (χ2n) is 4.59. The molecule has 1 saturated carbocycles. The molecule has 16 heavy (non-hydrogen) atoms. The Morgan fingerprint density at radius 2 is 1.94 bits per heavy atom. The van der Waals surface area contributed by atoms with E-state index in [1.165, 1.54) is 0 Å². The summed E-state index contributed by atoms with van der Waals surface area (Å²) in [5.74, 6) is 0.799. The fourth-order valence-electron chi connectivity index (χ4n) is 2.09. The van der Waals surface area contributed by atoms with Crippen LogP contribution >= 0.6 is 11.6 Å². The normalized spacial score (nSPS) is 25.4. The van der Waals surface area contributed by atoms with Crippen molar-refractivity contribution in [2.45, 2.75) is 44.8 Å². The average molecular weight is 240 g/mol. The number of halogens is 1. The zero-order valence-electron chi connectivity index (χ0n) is 9.58. The summed E-state index contributed by atoms with van der Waals surface area (Å²) in [6, 6.07) is 6.27. The first kappa shape index (κ1) is 11.7. The number of benzene rings is 1. The molecular formula is C13H18ClNO. The van der Waals surface area contributed by atoms with E-state index < -0.39 is 0 Å². The third-order valence-electron chi connectivity index (χ3n) is 3.10. The minimum absolute atomic E-state index is 0.278. The highest BCUT2D eigenvalue weighted by molar-refractivity contribution is 6.32. The Labute approximate surface area is 102 Å². The molecule has 0 aliphatic heterocycles. The number of rotatable bonds is 2. The van der Waals surface area contributed by atoms with Gasteiger partial charge in [-0.1, -0.05) is 17.7 Å². The molecule has 2 N–H and O–H groups in total. The van der Waals surface area contributed by atoms with Crippen LogP contribution in [0.1, 0.15) is 31.2 Å². The predicted octanol–water partition coefficient (Wildman–Crippen LogP) is 3.30. The molecule has 0 spiro atoms. The maximum absolute atomic E-state index is 6.13. The van der Waals surface area contributed by atoms with E-state index >= 15 is 0 Å². The number of hydrogen-bond acceptors (Lipinski definition) is 2. The predicted molar refractivity (Wildman–Crippen MR) is 67.0 cm³/mol. The van der Waals surface area contributed by atoms with Gasteiger partial charge < -0.3 is 10.5 Å². The van der Waals surface area contributed by atoms with Crippen molar-refractivity contribution in [2.75, 3.05) is 0 Å². The van der Waals surface area contributed by atoms with Crippen LogP contribution in [-0.2, 0) is 0 Å². The molecule has 0 unspecified atom stereocenters. The summed E-state index contributed by atoms with van der Waals surface area (Å²) < 4.78 is 5.90. The van der Waals surface area contributed by atoms with E-state index in [4.69, 9.17) is 22.1 Å². The highest BCUT2D eigenvalue weighted by Gasteiger charge is 2.20. The third-order valence-corrected chi connectivity index (χ3v) is 3.40. The lowest BCUT2D eigenvalue weighted by molar-refractivity contribution is 0.147. The van der Waals surface area contributed by atoms with Crippen molar-refractivity contribution >= 4 is 11.6 Å². The SMILES string of the molecule is Cc1ccc(OC2CCC(N)CC2)c(Cl)c1. The summed E-state index contributed by atoms with van der Waals surface area (Å²) in [4.78, 5) is 0. The molecule has 2 nitrogen and oxygen atoms in total. The van der Waals surface area contributed by atoms with E-state index in [-0.39, 0.29) is 6.10 Å². The van der Waals surface area contributed by atoms with Gasteiger partial charge in [-0.25, -0.2) is 0 Å². The lowest BCUT2D eigenvalue weighted by atomic mass is 9.94. The molecule has 1 aliphatic carbocycles. The summed E-state index contributed by atoms with van der Waals surface area (Å²) in [5.41, 5.74) is 7.01. The molecule has 0 aromatic heterocycles. The van der Waals surface area contributed by atoms with E-state index in [0.717, 1.165) is 37.0 Å². The zero-order chi connectivity index (χ0) is 11.5. The Bertz CT molecular complexity index is 359. The van der Waals surface area contributed by atoms with E-state index in [9.17, 15) is 0 Å². The van der Waals surface area contributed by atoms with E-state index in [1.807, 2.05) is 25.1 Å². The highest BCUT2D eigenvalue weighted by atomic mass is 35.5. The second-order valence-corrected chi connectivity index (χ2v) is 5.00. The van der Waals surface area contributed by atoms with Crippen LogP contribution in [0, 0.1) is 6.92 Å². The topological polar surface area (TPSA) is 35.2 Å². The van der Waals surface area contributed by atoms with Gasteiger partial charge in [0.05, 0.1) is 11.1 Å². The Balaban J connectivity index is 1.98. The molecule has 0 heterocycles. The van der Waals surface area contributed by atoms with Gasteiger partial charge in [-0.3, -0.25) is 0 Å². The molecule has 0 bridgehead atoms. The lowest BCUT2D eigenvalue weighted by Gasteiger charge is -2.27. The maximum Gasteiger partial charge on any atom is 0.138 e. The van der Waals surface area contributed by atoms with Gasteiger partial charge in [-0.15, -0.1) is 0 Å². The number of hydrogen-bond donors (Lipinski definition) is 1. The Kier molecular flexibility index (Phi) is 3.72. The summed E-state index contributed by atoms with van der Waals surface area (Å²) in [7, 11) is 0. The van der Waals surface area contributed by atoms with Gasteiger partial charge in [-0.05, 0) is 50.3 Å². The zero-order valence-corrected chi connectivity index (χ0v) is 10.3. The van der Waals surface area contributed by atoms with Gasteiger partial charge in [0.25, 0.3) is 0 Å². The van der Waals surface area contributed by atoms with Crippen LogP contribution in [0.25, 0.3) is 0 Å². The molecule has 1 aromatic rings. The monoisotopic (exact) mass is 239 g/mol. The van der Waals surface area contributed by atoms with Gasteiger partial charge in [-0.2, -0.15) is 0 Å². The molecule has 0 amide bonds. The van der Waals surface area contributed by atoms with Crippen LogP contribution in [0.2, 0.25) is 5.02 Å². The quantitative estimate of drug-likeness (QED) is 0.860. The van der Waals surface area contributed by atoms with Crippen molar-refractivity contribution in [1.82, 2.24) is 0 Å². The van der Waals surface area contributed by atoms with Crippen LogP contribution in [0.4, 0.5) is 0 Å². The Hall–Kier alpha value is -0.730. The summed E-state index contributed by atoms with van der Waals surface area (Å²) >= 11 is 6.13. The second kappa shape index (κ2) is 5.07. The van der Waals surface area contributed by atoms with E-state index in [0.29, 0.717) is 11.1 Å². The van der Waals surface area contributed by atoms with Crippen molar-refractivity contribution in [3.8, 4) is 5.75 Å². The van der Waals surface area contributed by atoms with Crippen LogP contribution in [0.3, 0.4) is 0 Å². The van der Waals surface area contributed by atoms with Crippen LogP contribution in [0.5, 0.6) is 5.75 Å². The van der Waals surface area contributed by atoms with Crippen molar-refractivity contribution in [3.05, 3.63) is 28.8 Å². The van der Waals surface area contributed by atoms with Crippen molar-refractivity contribution in [2.24, 2.45) is 5.73 Å². The fraction of sp³-hybridized carbons (Fsp3) is 0.538. The van der Waals surface area contributed by atoms with Crippen molar-refractivity contribution < 1.29 is 4.74 Å². The van der Waals surface area contributed by atoms with Crippen LogP contribution < -0.4 is 10.5 Å². The number of ether oxygens (including phenoxy) is 1. The molecule has 0 saturated heterocycles. The summed E-state index contributed by atoms with van der Waals surface area (Å²) in [5, 5.41) is 0.704. The first-order valence-electron chi connectivity index (χ1n) is 5.83. The Morgan fingerprint density at radius 3 is 2.56 bits per heavy atom. The molecule has 88 valence electrons. The van der Waals surface area contributed by atoms with Gasteiger partial charge in [0.1, 0.15) is 5.75 Å². The highest BCUT2D eigenvalue weighted by Crippen LogP contribution is 2.29. The summed E-state index contributed by atoms with van der Waals surface area (Å²) in [6.45, 7) is 2.02. The molecule has 1 aliphatic rings. The molecule has 2 rings (SSSR count). The summed E-state index contributed by atoms with van der Waals surface area (Å²) in [6.07, 6.45) is 4.44. The van der Waals surface area contributed by atoms with E-state index in [2.05, 4.69) is 0 Å². The molecule has 1 aromatic carbocycles. The molecular weight excluding hydrogens is 222 g/mol. The van der Waals surface area contributed by atoms with Crippen molar-refractivity contribution in [1.29, 1.82) is 0 Å². The number of nitrogens with two attached hydrogens (primary N) is 1. The first-order valence-corrected chi connectivity index (χ1v) is 6.21. The largest absolute Gasteiger partial charge is 0.489 e. The van der Waals surface area contributed by atoms with Crippen LogP contribution in [0.15, 0.2) is 18.2 Å². The minimum Gasteiger partial charge on any atom is -0.489 e. The maximum atomic E-state index is 6.13. The first-order chi connectivity index (χ1) is 7.65. The van der Waals surface area contributed by atoms with Crippen molar-refractivity contribution in [3.63, 3.8) is 0 Å². The molecule has 0 radical (unpaired) electrons. The minimum atomic E-state index is 0.278. The van der Waals surface area contributed by atoms with Gasteiger partial charge in [0.15, 0.2) is 0 Å². The van der Waals surface area contributed by atoms with Gasteiger partial charge >= 0.3 is 0 Å². The van der Waals surface area contributed by atoms with Gasteiger partial charge in [0, 0.05) is 6.04 Å². The van der Waals surface area contributed by atoms with E-state index in [1.54, 1.807) is 0 Å². The standard InChI is InChI=1S/C13H18ClNO/c1-9-2-7-13(12(14)8-9)16-11-5-3-10(15)4-6-11/h2,7-8,10-11H,3-6,15H2,1H3. The Morgan fingerprint density at radius 1 is 1.25 bits per heavy atom. The van der Waals surface area contributed by atoms with Crippen LogP contribution in [-0.4, -0.2) is 12.1 Å². The third kappa shape index (κ3) is 2.89. The molecule has 1 fully saturated rings.